The standard InChI is InChI=1S/C17H32N2O4/c1-7-12(2)14(18-15(20)23-17(4,5)6)11-19(16(21)22)10-8-9-13(19)3/h12-14H,7-11H2,1-6H3,(H-,18,20,21,22)/p+1/t12-,13+,14+,19?/m0/s1. The van der Waals surface area contributed by atoms with Crippen LogP contribution < -0.4 is 5.32 Å². The number of quaternary nitrogens is 1. The highest BCUT2D eigenvalue weighted by Crippen LogP contribution is 2.29. The molecule has 1 aliphatic rings. The van der Waals surface area contributed by atoms with Gasteiger partial charge in [-0.05, 0) is 33.6 Å². The number of hydrogen-bond donors (Lipinski definition) is 2. The summed E-state index contributed by atoms with van der Waals surface area (Å²) in [4.78, 5) is 24.1. The first-order valence-corrected chi connectivity index (χ1v) is 8.61. The van der Waals surface area contributed by atoms with Gasteiger partial charge in [-0.1, -0.05) is 20.3 Å². The summed E-state index contributed by atoms with van der Waals surface area (Å²) in [5.74, 6) is 0.185. The number of ether oxygens (including phenoxy) is 1. The number of amides is 2. The molecule has 0 bridgehead atoms. The fraction of sp³-hybridized carbons (Fsp3) is 0.882. The summed E-state index contributed by atoms with van der Waals surface area (Å²) in [5.41, 5.74) is -0.565. The first-order chi connectivity index (χ1) is 10.5. The average molecular weight is 329 g/mol. The molecule has 1 unspecified atom stereocenters. The summed E-state index contributed by atoms with van der Waals surface area (Å²) in [5, 5.41) is 12.7. The van der Waals surface area contributed by atoms with Crippen LogP contribution in [0, 0.1) is 5.92 Å². The average Bonchev–Trinajstić information content (AvgIpc) is 2.77. The van der Waals surface area contributed by atoms with Gasteiger partial charge in [0.1, 0.15) is 12.1 Å². The fourth-order valence-corrected chi connectivity index (χ4v) is 3.23. The molecule has 0 aromatic carbocycles. The molecule has 23 heavy (non-hydrogen) atoms. The Bertz CT molecular complexity index is 433. The predicted octanol–water partition coefficient (Wildman–Crippen LogP) is 3.60. The quantitative estimate of drug-likeness (QED) is 0.756. The van der Waals surface area contributed by atoms with Gasteiger partial charge in [0.25, 0.3) is 0 Å². The van der Waals surface area contributed by atoms with Gasteiger partial charge < -0.3 is 15.2 Å². The maximum atomic E-state index is 12.1. The number of likely N-dealkylation sites (tertiary alicyclic amines) is 1. The maximum Gasteiger partial charge on any atom is 0.513 e. The van der Waals surface area contributed by atoms with E-state index in [1.165, 1.54) is 0 Å². The van der Waals surface area contributed by atoms with Crippen LogP contribution in [0.1, 0.15) is 60.8 Å². The van der Waals surface area contributed by atoms with Crippen LogP contribution in [0.2, 0.25) is 0 Å². The highest BCUT2D eigenvalue weighted by atomic mass is 16.6. The Kier molecular flexibility index (Phi) is 6.45. The molecule has 0 aromatic rings. The highest BCUT2D eigenvalue weighted by molar-refractivity contribution is 5.68. The van der Waals surface area contributed by atoms with Crippen molar-refractivity contribution in [3.05, 3.63) is 0 Å². The Labute approximate surface area is 139 Å². The number of carbonyl (C=O) groups excluding carboxylic acids is 1. The molecule has 6 nitrogen and oxygen atoms in total. The van der Waals surface area contributed by atoms with Gasteiger partial charge in [-0.25, -0.2) is 9.28 Å². The summed E-state index contributed by atoms with van der Waals surface area (Å²) in [7, 11) is 0. The molecule has 1 aliphatic heterocycles. The Morgan fingerprint density at radius 3 is 2.39 bits per heavy atom. The van der Waals surface area contributed by atoms with Gasteiger partial charge in [0.2, 0.25) is 0 Å². The largest absolute Gasteiger partial charge is 0.513 e. The zero-order valence-electron chi connectivity index (χ0n) is 15.4. The van der Waals surface area contributed by atoms with E-state index in [0.717, 1.165) is 19.3 Å². The maximum absolute atomic E-state index is 12.1. The van der Waals surface area contributed by atoms with Crippen LogP contribution in [-0.4, -0.2) is 52.6 Å². The van der Waals surface area contributed by atoms with Crippen molar-refractivity contribution >= 4 is 12.2 Å². The second-order valence-corrected chi connectivity index (χ2v) is 7.85. The topological polar surface area (TPSA) is 75.6 Å². The van der Waals surface area contributed by atoms with Gasteiger partial charge in [-0.15, -0.1) is 0 Å². The molecule has 2 N–H and O–H groups in total. The molecule has 6 heteroatoms. The number of carbonyl (C=O) groups is 2. The van der Waals surface area contributed by atoms with E-state index in [0.29, 0.717) is 13.1 Å². The molecule has 4 atom stereocenters. The van der Waals surface area contributed by atoms with E-state index in [1.54, 1.807) is 0 Å². The second-order valence-electron chi connectivity index (χ2n) is 7.85. The van der Waals surface area contributed by atoms with Crippen molar-refractivity contribution in [3.63, 3.8) is 0 Å². The lowest BCUT2D eigenvalue weighted by atomic mass is 9.97. The summed E-state index contributed by atoms with van der Waals surface area (Å²) >= 11 is 0. The lowest BCUT2D eigenvalue weighted by Crippen LogP contribution is -2.61. The van der Waals surface area contributed by atoms with Crippen molar-refractivity contribution in [1.82, 2.24) is 5.32 Å². The van der Waals surface area contributed by atoms with E-state index in [4.69, 9.17) is 4.74 Å². The Balaban J connectivity index is 2.90. The molecule has 0 radical (unpaired) electrons. The molecule has 0 aromatic heterocycles. The smallest absolute Gasteiger partial charge is 0.444 e. The molecular formula is C17H33N2O4+. The summed E-state index contributed by atoms with van der Waals surface area (Å²) < 4.78 is 5.38. The fourth-order valence-electron chi connectivity index (χ4n) is 3.23. The van der Waals surface area contributed by atoms with E-state index in [2.05, 4.69) is 5.32 Å². The third-order valence-corrected chi connectivity index (χ3v) is 4.96. The Morgan fingerprint density at radius 2 is 2.00 bits per heavy atom. The molecule has 0 aliphatic carbocycles. The molecule has 1 rings (SSSR count). The first-order valence-electron chi connectivity index (χ1n) is 8.61. The van der Waals surface area contributed by atoms with Crippen LogP contribution in [0.5, 0.6) is 0 Å². The third kappa shape index (κ3) is 5.09. The van der Waals surface area contributed by atoms with Crippen LogP contribution in [0.3, 0.4) is 0 Å². The zero-order chi connectivity index (χ0) is 17.8. The number of nitrogens with zero attached hydrogens (tertiary/aromatic N) is 1. The molecule has 1 saturated heterocycles. The van der Waals surface area contributed by atoms with Gasteiger partial charge in [0, 0.05) is 12.8 Å². The molecule has 2 amide bonds. The van der Waals surface area contributed by atoms with Crippen molar-refractivity contribution in [1.29, 1.82) is 0 Å². The molecule has 0 spiro atoms. The van der Waals surface area contributed by atoms with Gasteiger partial charge >= 0.3 is 12.2 Å². The molecule has 0 saturated carbocycles. The number of nitrogens with one attached hydrogen (secondary N) is 1. The third-order valence-electron chi connectivity index (χ3n) is 4.96. The minimum atomic E-state index is -0.797. The first kappa shape index (κ1) is 19.7. The van der Waals surface area contributed by atoms with E-state index >= 15 is 0 Å². The summed E-state index contributed by atoms with van der Waals surface area (Å²) in [6.45, 7) is 12.6. The molecular weight excluding hydrogens is 296 g/mol. The SMILES string of the molecule is CC[C@H](C)[C@@H](C[N+]1(C(=O)O)CCC[C@H]1C)NC(=O)OC(C)(C)C. The van der Waals surface area contributed by atoms with E-state index < -0.39 is 17.8 Å². The van der Waals surface area contributed by atoms with Gasteiger partial charge in [0.05, 0.1) is 18.6 Å². The lowest BCUT2D eigenvalue weighted by Gasteiger charge is -2.37. The van der Waals surface area contributed by atoms with Crippen molar-refractivity contribution in [2.45, 2.75) is 78.5 Å². The van der Waals surface area contributed by atoms with Gasteiger partial charge in [0.15, 0.2) is 0 Å². The molecule has 1 heterocycles. The van der Waals surface area contributed by atoms with Crippen molar-refractivity contribution in [3.8, 4) is 0 Å². The van der Waals surface area contributed by atoms with Gasteiger partial charge in [-0.3, -0.25) is 0 Å². The molecule has 1 fully saturated rings. The minimum Gasteiger partial charge on any atom is -0.444 e. The molecule has 134 valence electrons. The monoisotopic (exact) mass is 329 g/mol. The summed E-state index contributed by atoms with van der Waals surface area (Å²) in [6.07, 6.45) is 1.42. The van der Waals surface area contributed by atoms with E-state index in [9.17, 15) is 14.7 Å². The van der Waals surface area contributed by atoms with Gasteiger partial charge in [-0.2, -0.15) is 4.79 Å². The number of rotatable bonds is 5. The number of carboxylic acid groups (broad SMARTS) is 1. The Hall–Kier alpha value is -1.30. The second kappa shape index (κ2) is 7.51. The highest BCUT2D eigenvalue weighted by Gasteiger charge is 2.48. The number of hydrogen-bond acceptors (Lipinski definition) is 3. The minimum absolute atomic E-state index is 0.0325. The van der Waals surface area contributed by atoms with Crippen molar-refractivity contribution < 1.29 is 23.9 Å². The summed E-state index contributed by atoms with van der Waals surface area (Å²) in [6, 6.07) is -0.147. The van der Waals surface area contributed by atoms with Crippen LogP contribution in [0.4, 0.5) is 9.59 Å². The van der Waals surface area contributed by atoms with Crippen LogP contribution in [0.15, 0.2) is 0 Å². The normalized spacial score (nSPS) is 27.3. The van der Waals surface area contributed by atoms with Crippen molar-refractivity contribution in [2.24, 2.45) is 5.92 Å². The van der Waals surface area contributed by atoms with Crippen molar-refractivity contribution in [2.75, 3.05) is 13.1 Å². The predicted molar refractivity (Wildman–Crippen MR) is 89.3 cm³/mol. The van der Waals surface area contributed by atoms with E-state index in [-0.39, 0.29) is 22.5 Å². The van der Waals surface area contributed by atoms with E-state index in [1.807, 2.05) is 41.5 Å². The zero-order valence-corrected chi connectivity index (χ0v) is 15.4. The van der Waals surface area contributed by atoms with Crippen LogP contribution in [-0.2, 0) is 4.74 Å². The lowest BCUT2D eigenvalue weighted by molar-refractivity contribution is -0.868. The Morgan fingerprint density at radius 1 is 1.39 bits per heavy atom. The number of alkyl carbamates (subject to hydrolysis) is 1. The van der Waals surface area contributed by atoms with Crippen LogP contribution >= 0.6 is 0 Å². The van der Waals surface area contributed by atoms with Crippen LogP contribution in [0.25, 0.3) is 0 Å².